The van der Waals surface area contributed by atoms with Crippen molar-refractivity contribution in [3.05, 3.63) is 12.4 Å². The molecule has 6 nitrogen and oxygen atoms in total. The third-order valence-corrected chi connectivity index (χ3v) is 2.03. The lowest BCUT2D eigenvalue weighted by Gasteiger charge is -2.06. The van der Waals surface area contributed by atoms with Gasteiger partial charge in [-0.2, -0.15) is 0 Å². The van der Waals surface area contributed by atoms with Crippen molar-refractivity contribution in [2.24, 2.45) is 4.99 Å². The van der Waals surface area contributed by atoms with E-state index in [0.29, 0.717) is 12.6 Å². The van der Waals surface area contributed by atoms with E-state index in [1.54, 1.807) is 20.2 Å². The van der Waals surface area contributed by atoms with E-state index in [2.05, 4.69) is 27.9 Å². The number of nitrogens with one attached hydrogen (secondary N) is 3. The number of carbonyl (C=O) groups is 1. The van der Waals surface area contributed by atoms with E-state index in [0.717, 1.165) is 19.4 Å². The zero-order valence-electron chi connectivity index (χ0n) is 11.5. The fraction of sp³-hybridized carbons (Fsp3) is 0.667. The Labute approximate surface area is 109 Å². The Kier molecular flexibility index (Phi) is 10.9. The highest BCUT2D eigenvalue weighted by Gasteiger charge is 1.96. The number of amides is 1. The van der Waals surface area contributed by atoms with Gasteiger partial charge in [-0.3, -0.25) is 9.79 Å². The largest absolute Gasteiger partial charge is 0.393 e. The lowest BCUT2D eigenvalue weighted by Crippen LogP contribution is -2.26. The summed E-state index contributed by atoms with van der Waals surface area (Å²) in [6, 6.07) is 0. The molecular weight excluding hydrogens is 232 g/mol. The SMILES string of the molecule is CCCCOCNC(C)=NCC(=O)N/C=C/NC. The van der Waals surface area contributed by atoms with E-state index in [4.69, 9.17) is 4.74 Å². The maximum absolute atomic E-state index is 11.3. The molecule has 0 saturated heterocycles. The Balaban J connectivity index is 3.63. The standard InChI is InChI=1S/C12H24N4O2/c1-4-5-8-18-10-16-11(2)15-9-12(17)14-7-6-13-3/h6-7,13H,4-5,8-10H2,1-3H3,(H,14,17)(H,15,16)/b7-6+. The predicted molar refractivity (Wildman–Crippen MR) is 73.2 cm³/mol. The molecular formula is C12H24N4O2. The summed E-state index contributed by atoms with van der Waals surface area (Å²) in [4.78, 5) is 15.4. The third-order valence-electron chi connectivity index (χ3n) is 2.03. The Morgan fingerprint density at radius 2 is 2.17 bits per heavy atom. The highest BCUT2D eigenvalue weighted by atomic mass is 16.5. The molecule has 0 fully saturated rings. The molecule has 0 aliphatic heterocycles. The van der Waals surface area contributed by atoms with Crippen molar-refractivity contribution in [1.82, 2.24) is 16.0 Å². The minimum Gasteiger partial charge on any atom is -0.393 e. The van der Waals surface area contributed by atoms with Crippen LogP contribution in [-0.4, -0.2) is 38.7 Å². The Morgan fingerprint density at radius 3 is 2.83 bits per heavy atom. The van der Waals surface area contributed by atoms with E-state index < -0.39 is 0 Å². The van der Waals surface area contributed by atoms with Gasteiger partial charge in [-0.1, -0.05) is 13.3 Å². The average Bonchev–Trinajstić information content (AvgIpc) is 2.36. The van der Waals surface area contributed by atoms with Crippen molar-refractivity contribution in [1.29, 1.82) is 0 Å². The van der Waals surface area contributed by atoms with Gasteiger partial charge in [-0.15, -0.1) is 0 Å². The fourth-order valence-electron chi connectivity index (χ4n) is 0.984. The summed E-state index contributed by atoms with van der Waals surface area (Å²) in [5.41, 5.74) is 0. The maximum atomic E-state index is 11.3. The molecule has 18 heavy (non-hydrogen) atoms. The molecule has 1 amide bonds. The molecule has 0 radical (unpaired) electrons. The lowest BCUT2D eigenvalue weighted by atomic mass is 10.4. The maximum Gasteiger partial charge on any atom is 0.245 e. The highest BCUT2D eigenvalue weighted by molar-refractivity contribution is 5.85. The van der Waals surface area contributed by atoms with Crippen molar-refractivity contribution < 1.29 is 9.53 Å². The molecule has 0 aromatic rings. The summed E-state index contributed by atoms with van der Waals surface area (Å²) >= 11 is 0. The van der Waals surface area contributed by atoms with E-state index in [1.165, 1.54) is 6.20 Å². The first-order chi connectivity index (χ1) is 8.70. The van der Waals surface area contributed by atoms with Crippen LogP contribution in [0.3, 0.4) is 0 Å². The van der Waals surface area contributed by atoms with Crippen LogP contribution in [0.1, 0.15) is 26.7 Å². The van der Waals surface area contributed by atoms with Gasteiger partial charge in [0, 0.05) is 26.1 Å². The second-order valence-corrected chi connectivity index (χ2v) is 3.67. The van der Waals surface area contributed by atoms with Crippen LogP contribution in [0, 0.1) is 0 Å². The van der Waals surface area contributed by atoms with Crippen LogP contribution in [0.2, 0.25) is 0 Å². The van der Waals surface area contributed by atoms with E-state index >= 15 is 0 Å². The number of carbonyl (C=O) groups excluding carboxylic acids is 1. The summed E-state index contributed by atoms with van der Waals surface area (Å²) in [5, 5.41) is 8.33. The number of ether oxygens (including phenoxy) is 1. The Bertz CT molecular complexity index is 277. The molecule has 6 heteroatoms. The fourth-order valence-corrected chi connectivity index (χ4v) is 0.984. The second kappa shape index (κ2) is 11.9. The molecule has 0 aromatic heterocycles. The average molecular weight is 256 g/mol. The summed E-state index contributed by atoms with van der Waals surface area (Å²) in [5.74, 6) is 0.536. The molecule has 0 aliphatic rings. The van der Waals surface area contributed by atoms with Crippen LogP contribution in [0.25, 0.3) is 0 Å². The summed E-state index contributed by atoms with van der Waals surface area (Å²) in [6.45, 7) is 5.19. The van der Waals surface area contributed by atoms with Crippen molar-refractivity contribution in [2.45, 2.75) is 26.7 Å². The van der Waals surface area contributed by atoms with Gasteiger partial charge in [0.2, 0.25) is 5.91 Å². The first-order valence-electron chi connectivity index (χ1n) is 6.15. The van der Waals surface area contributed by atoms with Crippen LogP contribution in [0.15, 0.2) is 17.4 Å². The van der Waals surface area contributed by atoms with Crippen molar-refractivity contribution >= 4 is 11.7 Å². The second-order valence-electron chi connectivity index (χ2n) is 3.67. The molecule has 0 saturated carbocycles. The van der Waals surface area contributed by atoms with Gasteiger partial charge in [-0.05, 0) is 13.3 Å². The third kappa shape index (κ3) is 10.9. The smallest absolute Gasteiger partial charge is 0.245 e. The normalized spacial score (nSPS) is 11.6. The number of nitrogens with zero attached hydrogens (tertiary/aromatic N) is 1. The molecule has 0 bridgehead atoms. The van der Waals surface area contributed by atoms with Crippen LogP contribution in [0.4, 0.5) is 0 Å². The van der Waals surface area contributed by atoms with Gasteiger partial charge in [-0.25, -0.2) is 0 Å². The van der Waals surface area contributed by atoms with Crippen molar-refractivity contribution in [3.8, 4) is 0 Å². The Morgan fingerprint density at radius 1 is 1.39 bits per heavy atom. The van der Waals surface area contributed by atoms with Crippen LogP contribution in [0.5, 0.6) is 0 Å². The predicted octanol–water partition coefficient (Wildman–Crippen LogP) is 0.575. The van der Waals surface area contributed by atoms with Gasteiger partial charge in [0.1, 0.15) is 13.3 Å². The van der Waals surface area contributed by atoms with E-state index in [1.807, 2.05) is 0 Å². The zero-order chi connectivity index (χ0) is 13.6. The molecule has 104 valence electrons. The first kappa shape index (κ1) is 16.4. The monoisotopic (exact) mass is 256 g/mol. The summed E-state index contributed by atoms with van der Waals surface area (Å²) in [6.07, 6.45) is 5.34. The van der Waals surface area contributed by atoms with Crippen LogP contribution < -0.4 is 16.0 Å². The number of hydrogen-bond acceptors (Lipinski definition) is 4. The zero-order valence-corrected chi connectivity index (χ0v) is 11.5. The number of hydrogen-bond donors (Lipinski definition) is 3. The molecule has 0 heterocycles. The number of rotatable bonds is 9. The van der Waals surface area contributed by atoms with Gasteiger partial charge < -0.3 is 20.7 Å². The van der Waals surface area contributed by atoms with Gasteiger partial charge in [0.05, 0.1) is 5.84 Å². The van der Waals surface area contributed by atoms with Crippen molar-refractivity contribution in [2.75, 3.05) is 26.9 Å². The summed E-state index contributed by atoms with van der Waals surface area (Å²) in [7, 11) is 1.76. The van der Waals surface area contributed by atoms with Gasteiger partial charge >= 0.3 is 0 Å². The molecule has 0 spiro atoms. The quantitative estimate of drug-likeness (QED) is 0.244. The lowest BCUT2D eigenvalue weighted by molar-refractivity contribution is -0.118. The summed E-state index contributed by atoms with van der Waals surface area (Å²) < 4.78 is 5.32. The van der Waals surface area contributed by atoms with Gasteiger partial charge in [0.25, 0.3) is 0 Å². The minimum absolute atomic E-state index is 0.0991. The number of amidine groups is 1. The van der Waals surface area contributed by atoms with E-state index in [-0.39, 0.29) is 12.5 Å². The Hall–Kier alpha value is -1.56. The molecule has 0 aromatic carbocycles. The van der Waals surface area contributed by atoms with E-state index in [9.17, 15) is 4.79 Å². The first-order valence-corrected chi connectivity index (χ1v) is 6.15. The molecule has 0 atom stereocenters. The molecule has 0 unspecified atom stereocenters. The van der Waals surface area contributed by atoms with Crippen molar-refractivity contribution in [3.63, 3.8) is 0 Å². The molecule has 3 N–H and O–H groups in total. The van der Waals surface area contributed by atoms with Gasteiger partial charge in [0.15, 0.2) is 0 Å². The number of aliphatic imine (C=N–C) groups is 1. The van der Waals surface area contributed by atoms with Crippen LogP contribution >= 0.6 is 0 Å². The minimum atomic E-state index is -0.158. The molecule has 0 aliphatic carbocycles. The topological polar surface area (TPSA) is 74.8 Å². The van der Waals surface area contributed by atoms with Crippen LogP contribution in [-0.2, 0) is 9.53 Å². The number of unbranched alkanes of at least 4 members (excludes halogenated alkanes) is 1. The highest BCUT2D eigenvalue weighted by Crippen LogP contribution is 1.86. The molecule has 0 rings (SSSR count).